The van der Waals surface area contributed by atoms with E-state index >= 15 is 0 Å². The van der Waals surface area contributed by atoms with Crippen molar-refractivity contribution >= 4 is 25.8 Å². The van der Waals surface area contributed by atoms with E-state index in [1.807, 2.05) is 4.72 Å². The summed E-state index contributed by atoms with van der Waals surface area (Å²) in [6, 6.07) is -0.174. The van der Waals surface area contributed by atoms with Crippen LogP contribution < -0.4 is 4.72 Å². The van der Waals surface area contributed by atoms with Crippen molar-refractivity contribution in [2.75, 3.05) is 12.0 Å². The van der Waals surface area contributed by atoms with E-state index in [0.717, 1.165) is 6.26 Å². The zero-order valence-electron chi connectivity index (χ0n) is 11.0. The Labute approximate surface area is 117 Å². The van der Waals surface area contributed by atoms with Gasteiger partial charge in [-0.15, -0.1) is 0 Å². The molecule has 0 bridgehead atoms. The number of hydrogen-bond donors (Lipinski definition) is 2. The van der Waals surface area contributed by atoms with Crippen molar-refractivity contribution in [3.8, 4) is 0 Å². The Morgan fingerprint density at radius 3 is 2.40 bits per heavy atom. The summed E-state index contributed by atoms with van der Waals surface area (Å²) >= 11 is 0. The fourth-order valence-corrected chi connectivity index (χ4v) is 3.40. The third-order valence-corrected chi connectivity index (χ3v) is 4.92. The van der Waals surface area contributed by atoms with Gasteiger partial charge in [-0.25, -0.2) is 16.8 Å². The number of aliphatic carboxylic acids is 1. The first-order chi connectivity index (χ1) is 9.01. The number of sulfonamides is 1. The van der Waals surface area contributed by atoms with Crippen LogP contribution in [0.25, 0.3) is 0 Å². The third-order valence-electron chi connectivity index (χ3n) is 2.49. The highest BCUT2D eigenvalue weighted by atomic mass is 32.2. The second-order valence-electron chi connectivity index (χ2n) is 4.44. The molecular formula is C10H16N2O6S2. The van der Waals surface area contributed by atoms with Crippen LogP contribution in [0.3, 0.4) is 0 Å². The molecule has 0 fully saturated rings. The van der Waals surface area contributed by atoms with Crippen molar-refractivity contribution in [3.05, 3.63) is 18.5 Å². The predicted octanol–water partition coefficient (Wildman–Crippen LogP) is -0.809. The SMILES string of the molecule is Cn1ccc(S(=O)(=O)NC(CCS(C)(=O)=O)C(=O)O)c1. The summed E-state index contributed by atoms with van der Waals surface area (Å²) in [6.07, 6.45) is 3.44. The first-order valence-corrected chi connectivity index (χ1v) is 9.10. The maximum absolute atomic E-state index is 11.9. The summed E-state index contributed by atoms with van der Waals surface area (Å²) < 4.78 is 49.4. The molecule has 8 nitrogen and oxygen atoms in total. The average Bonchev–Trinajstić information content (AvgIpc) is 2.70. The second kappa shape index (κ2) is 5.94. The zero-order valence-corrected chi connectivity index (χ0v) is 12.6. The lowest BCUT2D eigenvalue weighted by atomic mass is 10.2. The highest BCUT2D eigenvalue weighted by Gasteiger charge is 2.26. The van der Waals surface area contributed by atoms with Crippen LogP contribution in [0.5, 0.6) is 0 Å². The van der Waals surface area contributed by atoms with Gasteiger partial charge in [-0.3, -0.25) is 4.79 Å². The Balaban J connectivity index is 2.88. The first kappa shape index (κ1) is 16.7. The van der Waals surface area contributed by atoms with Crippen LogP contribution in [0, 0.1) is 0 Å². The number of sulfone groups is 1. The lowest BCUT2D eigenvalue weighted by Gasteiger charge is -2.13. The fraction of sp³-hybridized carbons (Fsp3) is 0.500. The summed E-state index contributed by atoms with van der Waals surface area (Å²) in [5.74, 6) is -1.84. The predicted molar refractivity (Wildman–Crippen MR) is 71.5 cm³/mol. The van der Waals surface area contributed by atoms with Crippen molar-refractivity contribution in [2.24, 2.45) is 7.05 Å². The Morgan fingerprint density at radius 2 is 2.00 bits per heavy atom. The van der Waals surface area contributed by atoms with Gasteiger partial charge in [0.05, 0.1) is 10.6 Å². The number of carboxylic acids is 1. The van der Waals surface area contributed by atoms with Gasteiger partial charge in [-0.05, 0) is 12.5 Å². The number of hydrogen-bond acceptors (Lipinski definition) is 5. The van der Waals surface area contributed by atoms with Crippen LogP contribution in [0.15, 0.2) is 23.4 Å². The van der Waals surface area contributed by atoms with E-state index in [1.54, 1.807) is 7.05 Å². The Hall–Kier alpha value is -1.39. The molecular weight excluding hydrogens is 308 g/mol. The molecule has 1 rings (SSSR count). The number of aryl methyl sites for hydroxylation is 1. The smallest absolute Gasteiger partial charge is 0.321 e. The second-order valence-corrected chi connectivity index (χ2v) is 8.42. The van der Waals surface area contributed by atoms with Crippen LogP contribution >= 0.6 is 0 Å². The number of nitrogens with zero attached hydrogens (tertiary/aromatic N) is 1. The number of nitrogens with one attached hydrogen (secondary N) is 1. The molecule has 0 spiro atoms. The van der Waals surface area contributed by atoms with Crippen molar-refractivity contribution < 1.29 is 26.7 Å². The Kier molecular flexibility index (Phi) is 4.95. The fourth-order valence-electron chi connectivity index (χ4n) is 1.46. The van der Waals surface area contributed by atoms with Crippen LogP contribution in [-0.2, 0) is 31.7 Å². The number of rotatable bonds is 7. The summed E-state index contributed by atoms with van der Waals surface area (Å²) in [5, 5.41) is 8.96. The normalized spacial score (nSPS) is 14.1. The van der Waals surface area contributed by atoms with Gasteiger partial charge in [0.25, 0.3) is 0 Å². The van der Waals surface area contributed by atoms with E-state index in [2.05, 4.69) is 0 Å². The zero-order chi connectivity index (χ0) is 15.6. The molecule has 0 saturated carbocycles. The molecule has 1 aromatic heterocycles. The molecule has 0 radical (unpaired) electrons. The van der Waals surface area contributed by atoms with Crippen molar-refractivity contribution in [1.82, 2.24) is 9.29 Å². The molecule has 0 amide bonds. The minimum atomic E-state index is -4.00. The maximum atomic E-state index is 11.9. The van der Waals surface area contributed by atoms with Crippen LogP contribution in [-0.4, -0.2) is 50.5 Å². The van der Waals surface area contributed by atoms with Crippen LogP contribution in [0.4, 0.5) is 0 Å². The number of carboxylic acid groups (broad SMARTS) is 1. The minimum absolute atomic E-state index is 0.0781. The molecule has 0 aliphatic heterocycles. The average molecular weight is 324 g/mol. The molecule has 114 valence electrons. The van der Waals surface area contributed by atoms with E-state index < -0.39 is 37.6 Å². The largest absolute Gasteiger partial charge is 0.480 e. The van der Waals surface area contributed by atoms with E-state index in [1.165, 1.54) is 23.0 Å². The third kappa shape index (κ3) is 4.94. The van der Waals surface area contributed by atoms with Crippen LogP contribution in [0.1, 0.15) is 6.42 Å². The summed E-state index contributed by atoms with van der Waals surface area (Å²) in [6.45, 7) is 0. The molecule has 20 heavy (non-hydrogen) atoms. The topological polar surface area (TPSA) is 123 Å². The first-order valence-electron chi connectivity index (χ1n) is 5.56. The van der Waals surface area contributed by atoms with E-state index in [4.69, 9.17) is 5.11 Å². The van der Waals surface area contributed by atoms with Crippen molar-refractivity contribution in [3.63, 3.8) is 0 Å². The van der Waals surface area contributed by atoms with Gasteiger partial charge in [0.15, 0.2) is 0 Å². The van der Waals surface area contributed by atoms with Gasteiger partial charge >= 0.3 is 5.97 Å². The van der Waals surface area contributed by atoms with Crippen LogP contribution in [0.2, 0.25) is 0 Å². The van der Waals surface area contributed by atoms with Crippen molar-refractivity contribution in [2.45, 2.75) is 17.4 Å². The summed E-state index contributed by atoms with van der Waals surface area (Å²) in [5.41, 5.74) is 0. The quantitative estimate of drug-likeness (QED) is 0.676. The standard InChI is InChI=1S/C10H16N2O6S2/c1-12-5-3-8(7-12)20(17,18)11-9(10(13)14)4-6-19(2,15)16/h3,5,7,9,11H,4,6H2,1-2H3,(H,13,14). The van der Waals surface area contributed by atoms with E-state index in [-0.39, 0.29) is 11.3 Å². The van der Waals surface area contributed by atoms with Gasteiger partial charge < -0.3 is 9.67 Å². The summed E-state index contributed by atoms with van der Waals surface area (Å²) in [7, 11) is -5.75. The molecule has 1 heterocycles. The van der Waals surface area contributed by atoms with E-state index in [0.29, 0.717) is 0 Å². The number of aromatic nitrogens is 1. The molecule has 1 atom stereocenters. The lowest BCUT2D eigenvalue weighted by molar-refractivity contribution is -0.139. The Bertz CT molecular complexity index is 689. The van der Waals surface area contributed by atoms with Gasteiger partial charge in [0.2, 0.25) is 10.0 Å². The lowest BCUT2D eigenvalue weighted by Crippen LogP contribution is -2.41. The van der Waals surface area contributed by atoms with E-state index in [9.17, 15) is 21.6 Å². The number of carbonyl (C=O) groups is 1. The molecule has 2 N–H and O–H groups in total. The maximum Gasteiger partial charge on any atom is 0.321 e. The highest BCUT2D eigenvalue weighted by molar-refractivity contribution is 7.90. The van der Waals surface area contributed by atoms with Gasteiger partial charge in [-0.1, -0.05) is 0 Å². The molecule has 0 aliphatic carbocycles. The van der Waals surface area contributed by atoms with Gasteiger partial charge in [-0.2, -0.15) is 4.72 Å². The molecule has 10 heteroatoms. The minimum Gasteiger partial charge on any atom is -0.480 e. The molecule has 0 aliphatic rings. The Morgan fingerprint density at radius 1 is 1.40 bits per heavy atom. The highest BCUT2D eigenvalue weighted by Crippen LogP contribution is 2.10. The molecule has 1 aromatic rings. The van der Waals surface area contributed by atoms with Gasteiger partial charge in [0.1, 0.15) is 15.9 Å². The van der Waals surface area contributed by atoms with Gasteiger partial charge in [0, 0.05) is 25.7 Å². The molecule has 0 aromatic carbocycles. The summed E-state index contributed by atoms with van der Waals surface area (Å²) in [4.78, 5) is 10.9. The van der Waals surface area contributed by atoms with Crippen molar-refractivity contribution in [1.29, 1.82) is 0 Å². The molecule has 1 unspecified atom stereocenters. The monoisotopic (exact) mass is 324 g/mol. The molecule has 0 saturated heterocycles.